The Labute approximate surface area is 140 Å². The van der Waals surface area contributed by atoms with E-state index in [2.05, 4.69) is 5.32 Å². The molecular formula is C17H16NO5S-. The van der Waals surface area contributed by atoms with Crippen molar-refractivity contribution in [1.29, 1.82) is 0 Å². The van der Waals surface area contributed by atoms with Gasteiger partial charge >= 0.3 is 0 Å². The van der Waals surface area contributed by atoms with Gasteiger partial charge in [-0.15, -0.1) is 0 Å². The third kappa shape index (κ3) is 5.20. The molecule has 0 bridgehead atoms. The Hall–Kier alpha value is -2.67. The summed E-state index contributed by atoms with van der Waals surface area (Å²) in [7, 11) is -3.67. The number of aromatic carboxylic acids is 1. The van der Waals surface area contributed by atoms with Gasteiger partial charge in [-0.3, -0.25) is 4.79 Å². The van der Waals surface area contributed by atoms with Crippen LogP contribution >= 0.6 is 0 Å². The first-order chi connectivity index (χ1) is 11.2. The van der Waals surface area contributed by atoms with Gasteiger partial charge in [-0.1, -0.05) is 42.0 Å². The smallest absolute Gasteiger partial charge is 0.239 e. The third-order valence-electron chi connectivity index (χ3n) is 3.26. The number of anilines is 1. The van der Waals surface area contributed by atoms with E-state index in [1.165, 1.54) is 24.3 Å². The van der Waals surface area contributed by atoms with Crippen molar-refractivity contribution in [2.24, 2.45) is 0 Å². The quantitative estimate of drug-likeness (QED) is 0.837. The molecule has 0 saturated carbocycles. The first kappa shape index (κ1) is 17.7. The lowest BCUT2D eigenvalue weighted by Gasteiger charge is -2.08. The zero-order valence-corrected chi connectivity index (χ0v) is 13.8. The first-order valence-corrected chi connectivity index (χ1v) is 8.94. The average molecular weight is 346 g/mol. The van der Waals surface area contributed by atoms with E-state index in [4.69, 9.17) is 0 Å². The molecule has 0 aliphatic carbocycles. The molecule has 0 unspecified atom stereocenters. The molecule has 1 amide bonds. The molecule has 7 heteroatoms. The summed E-state index contributed by atoms with van der Waals surface area (Å²) in [6, 6.07) is 12.3. The van der Waals surface area contributed by atoms with Gasteiger partial charge in [0.1, 0.15) is 5.75 Å². The number of hydrogen-bond acceptors (Lipinski definition) is 5. The van der Waals surface area contributed by atoms with Crippen LogP contribution in [0.3, 0.4) is 0 Å². The SMILES string of the molecule is Cc1ccc(NC(=O)CS(=O)(=O)Cc2ccc(C(=O)[O-])cc2)cc1. The molecule has 0 atom stereocenters. The van der Waals surface area contributed by atoms with Crippen LogP contribution in [0.4, 0.5) is 5.69 Å². The van der Waals surface area contributed by atoms with E-state index < -0.39 is 27.5 Å². The van der Waals surface area contributed by atoms with E-state index in [1.54, 1.807) is 12.1 Å². The second-order valence-electron chi connectivity index (χ2n) is 5.43. The average Bonchev–Trinajstić information content (AvgIpc) is 2.49. The number of carbonyl (C=O) groups excluding carboxylic acids is 2. The minimum Gasteiger partial charge on any atom is -0.545 e. The predicted octanol–water partition coefficient (Wildman–Crippen LogP) is 0.912. The highest BCUT2D eigenvalue weighted by Crippen LogP contribution is 2.11. The standard InChI is InChI=1S/C17H17NO5S/c1-12-2-8-15(9-3-12)18-16(19)11-24(22,23)10-13-4-6-14(7-5-13)17(20)21/h2-9H,10-11H2,1H3,(H,18,19)(H,20,21)/p-1. The van der Waals surface area contributed by atoms with Crippen LogP contribution in [0.15, 0.2) is 48.5 Å². The fourth-order valence-electron chi connectivity index (χ4n) is 2.08. The number of rotatable bonds is 6. The summed E-state index contributed by atoms with van der Waals surface area (Å²) < 4.78 is 24.2. The minimum absolute atomic E-state index is 0.0340. The molecule has 24 heavy (non-hydrogen) atoms. The van der Waals surface area contributed by atoms with Crippen molar-refractivity contribution in [1.82, 2.24) is 0 Å². The number of sulfone groups is 1. The van der Waals surface area contributed by atoms with Crippen molar-refractivity contribution >= 4 is 27.4 Å². The number of carbonyl (C=O) groups is 2. The molecule has 2 aromatic rings. The van der Waals surface area contributed by atoms with E-state index in [0.29, 0.717) is 11.3 Å². The van der Waals surface area contributed by atoms with Crippen LogP contribution < -0.4 is 10.4 Å². The van der Waals surface area contributed by atoms with Gasteiger partial charge in [-0.2, -0.15) is 0 Å². The highest BCUT2D eigenvalue weighted by molar-refractivity contribution is 7.91. The third-order valence-corrected chi connectivity index (χ3v) is 4.74. The number of carboxylic acid groups (broad SMARTS) is 1. The van der Waals surface area contributed by atoms with Crippen molar-refractivity contribution in [2.75, 3.05) is 11.1 Å². The van der Waals surface area contributed by atoms with Crippen LogP contribution in [0.1, 0.15) is 21.5 Å². The maximum atomic E-state index is 12.1. The lowest BCUT2D eigenvalue weighted by atomic mass is 10.1. The predicted molar refractivity (Wildman–Crippen MR) is 88.1 cm³/mol. The molecule has 2 aromatic carbocycles. The monoisotopic (exact) mass is 346 g/mol. The first-order valence-electron chi connectivity index (χ1n) is 7.12. The normalized spacial score (nSPS) is 11.0. The van der Waals surface area contributed by atoms with Crippen LogP contribution in [0.25, 0.3) is 0 Å². The van der Waals surface area contributed by atoms with Gasteiger partial charge in [0.25, 0.3) is 0 Å². The van der Waals surface area contributed by atoms with Crippen LogP contribution in [0.5, 0.6) is 0 Å². The van der Waals surface area contributed by atoms with Crippen LogP contribution in [-0.4, -0.2) is 26.0 Å². The maximum absolute atomic E-state index is 12.1. The Morgan fingerprint density at radius 3 is 2.12 bits per heavy atom. The Bertz CT molecular complexity index is 840. The molecule has 1 N–H and O–H groups in total. The molecule has 6 nitrogen and oxygen atoms in total. The number of nitrogens with one attached hydrogen (secondary N) is 1. The summed E-state index contributed by atoms with van der Waals surface area (Å²) in [5, 5.41) is 13.2. The molecule has 0 aliphatic rings. The minimum atomic E-state index is -3.67. The summed E-state index contributed by atoms with van der Waals surface area (Å²) in [4.78, 5) is 22.5. The number of benzene rings is 2. The molecule has 0 aliphatic heterocycles. The number of amides is 1. The van der Waals surface area contributed by atoms with E-state index in [-0.39, 0.29) is 11.3 Å². The van der Waals surface area contributed by atoms with Crippen molar-refractivity contribution in [3.63, 3.8) is 0 Å². The van der Waals surface area contributed by atoms with Crippen molar-refractivity contribution in [2.45, 2.75) is 12.7 Å². The molecule has 2 rings (SSSR count). The van der Waals surface area contributed by atoms with Gasteiger partial charge in [0, 0.05) is 5.69 Å². The number of aryl methyl sites for hydroxylation is 1. The van der Waals surface area contributed by atoms with Gasteiger partial charge in [-0.25, -0.2) is 8.42 Å². The number of carboxylic acids is 1. The number of hydrogen-bond donors (Lipinski definition) is 1. The Balaban J connectivity index is 1.98. The van der Waals surface area contributed by atoms with Crippen molar-refractivity contribution in [3.05, 3.63) is 65.2 Å². The maximum Gasteiger partial charge on any atom is 0.239 e. The van der Waals surface area contributed by atoms with Gasteiger partial charge in [0.2, 0.25) is 5.91 Å². The molecule has 0 fully saturated rings. The molecule has 126 valence electrons. The molecule has 0 spiro atoms. The second-order valence-corrected chi connectivity index (χ2v) is 7.50. The summed E-state index contributed by atoms with van der Waals surface area (Å²) in [6.45, 7) is 1.90. The second kappa shape index (κ2) is 7.27. The summed E-state index contributed by atoms with van der Waals surface area (Å²) in [5.41, 5.74) is 1.93. The molecular weight excluding hydrogens is 330 g/mol. The highest BCUT2D eigenvalue weighted by Gasteiger charge is 2.17. The molecule has 0 aromatic heterocycles. The summed E-state index contributed by atoms with van der Waals surface area (Å²) in [6.07, 6.45) is 0. The van der Waals surface area contributed by atoms with Gasteiger partial charge < -0.3 is 15.2 Å². The van der Waals surface area contributed by atoms with Gasteiger partial charge in [0.15, 0.2) is 9.84 Å². The topological polar surface area (TPSA) is 103 Å². The fourth-order valence-corrected chi connectivity index (χ4v) is 3.35. The Morgan fingerprint density at radius 2 is 1.58 bits per heavy atom. The Morgan fingerprint density at radius 1 is 1.00 bits per heavy atom. The van der Waals surface area contributed by atoms with E-state index in [1.807, 2.05) is 19.1 Å². The zero-order valence-electron chi connectivity index (χ0n) is 13.0. The van der Waals surface area contributed by atoms with Crippen LogP contribution in [0, 0.1) is 6.92 Å². The molecule has 0 heterocycles. The zero-order chi connectivity index (χ0) is 17.7. The Kier molecular flexibility index (Phi) is 5.35. The lowest BCUT2D eigenvalue weighted by Crippen LogP contribution is -2.24. The van der Waals surface area contributed by atoms with Gasteiger partial charge in [-0.05, 0) is 30.2 Å². The van der Waals surface area contributed by atoms with E-state index in [0.717, 1.165) is 5.56 Å². The summed E-state index contributed by atoms with van der Waals surface area (Å²) in [5.74, 6) is -2.95. The van der Waals surface area contributed by atoms with Crippen LogP contribution in [-0.2, 0) is 20.4 Å². The van der Waals surface area contributed by atoms with Crippen molar-refractivity contribution < 1.29 is 23.1 Å². The highest BCUT2D eigenvalue weighted by atomic mass is 32.2. The van der Waals surface area contributed by atoms with E-state index >= 15 is 0 Å². The lowest BCUT2D eigenvalue weighted by molar-refractivity contribution is -0.255. The van der Waals surface area contributed by atoms with Gasteiger partial charge in [0.05, 0.1) is 11.7 Å². The molecule has 0 saturated heterocycles. The van der Waals surface area contributed by atoms with Crippen molar-refractivity contribution in [3.8, 4) is 0 Å². The van der Waals surface area contributed by atoms with Crippen LogP contribution in [0.2, 0.25) is 0 Å². The molecule has 0 radical (unpaired) electrons. The largest absolute Gasteiger partial charge is 0.545 e. The fraction of sp³-hybridized carbons (Fsp3) is 0.176. The summed E-state index contributed by atoms with van der Waals surface area (Å²) >= 11 is 0. The van der Waals surface area contributed by atoms with E-state index in [9.17, 15) is 23.1 Å².